The molecule has 0 aromatic heterocycles. The van der Waals surface area contributed by atoms with Gasteiger partial charge in [-0.15, -0.1) is 0 Å². The van der Waals surface area contributed by atoms with Crippen LogP contribution in [0.15, 0.2) is 53.4 Å². The highest BCUT2D eigenvalue weighted by molar-refractivity contribution is 7.92. The predicted molar refractivity (Wildman–Crippen MR) is 112 cm³/mol. The molecule has 3 rings (SSSR count). The van der Waals surface area contributed by atoms with Crippen molar-refractivity contribution in [1.82, 2.24) is 4.90 Å². The Morgan fingerprint density at radius 3 is 2.57 bits per heavy atom. The maximum Gasteiger partial charge on any atom is 0.264 e. The van der Waals surface area contributed by atoms with Crippen LogP contribution in [-0.4, -0.2) is 38.9 Å². The van der Waals surface area contributed by atoms with E-state index in [9.17, 15) is 13.2 Å². The van der Waals surface area contributed by atoms with Crippen LogP contribution < -0.4 is 4.31 Å². The lowest BCUT2D eigenvalue weighted by Gasteiger charge is -2.33. The zero-order valence-corrected chi connectivity index (χ0v) is 17.7. The number of piperidine rings is 1. The third-order valence-corrected chi connectivity index (χ3v) is 7.31. The number of hydrogen-bond donors (Lipinski definition) is 0. The number of anilines is 1. The quantitative estimate of drug-likeness (QED) is 0.731. The molecule has 0 saturated carbocycles. The van der Waals surface area contributed by atoms with Gasteiger partial charge in [0, 0.05) is 18.1 Å². The Bertz CT molecular complexity index is 947. The first kappa shape index (κ1) is 20.7. The lowest BCUT2D eigenvalue weighted by molar-refractivity contribution is -0.131. The fourth-order valence-corrected chi connectivity index (χ4v) is 5.19. The second-order valence-electron chi connectivity index (χ2n) is 7.30. The summed E-state index contributed by atoms with van der Waals surface area (Å²) >= 11 is 6.24. The molecule has 0 bridgehead atoms. The minimum atomic E-state index is -3.91. The van der Waals surface area contributed by atoms with Crippen LogP contribution in [0.25, 0.3) is 0 Å². The summed E-state index contributed by atoms with van der Waals surface area (Å²) < 4.78 is 28.0. The standard InChI is InChI=1S/C21H25ClN2O3S/c1-16-8-7-13-23(14-16)21(25)15-24(20-12-6-11-19(22)17(20)2)28(26,27)18-9-4-3-5-10-18/h3-6,9-12,16H,7-8,13-15H2,1-2H3. The van der Waals surface area contributed by atoms with Crippen LogP contribution in [0.3, 0.4) is 0 Å². The summed E-state index contributed by atoms with van der Waals surface area (Å²) in [6.45, 7) is 4.95. The summed E-state index contributed by atoms with van der Waals surface area (Å²) in [5.74, 6) is 0.232. The van der Waals surface area contributed by atoms with Crippen molar-refractivity contribution in [2.75, 3.05) is 23.9 Å². The molecule has 1 fully saturated rings. The molecular formula is C21H25ClN2O3S. The normalized spacial score (nSPS) is 17.4. The van der Waals surface area contributed by atoms with Crippen LogP contribution >= 0.6 is 11.6 Å². The van der Waals surface area contributed by atoms with E-state index in [1.54, 1.807) is 48.2 Å². The minimum absolute atomic E-state index is 0.147. The molecule has 1 aliphatic rings. The summed E-state index contributed by atoms with van der Waals surface area (Å²) in [5, 5.41) is 0.463. The molecule has 0 N–H and O–H groups in total. The van der Waals surface area contributed by atoms with Crippen LogP contribution in [0.4, 0.5) is 5.69 Å². The summed E-state index contributed by atoms with van der Waals surface area (Å²) in [4.78, 5) is 14.9. The third kappa shape index (κ3) is 4.33. The van der Waals surface area contributed by atoms with Gasteiger partial charge in [0.05, 0.1) is 10.6 Å². The number of halogens is 1. The fraction of sp³-hybridized carbons (Fsp3) is 0.381. The van der Waals surface area contributed by atoms with Gasteiger partial charge in [-0.3, -0.25) is 9.10 Å². The van der Waals surface area contributed by atoms with Gasteiger partial charge in [0.25, 0.3) is 10.0 Å². The van der Waals surface area contributed by atoms with Gasteiger partial charge in [0.2, 0.25) is 5.91 Å². The number of benzene rings is 2. The average molecular weight is 421 g/mol. The zero-order chi connectivity index (χ0) is 20.3. The number of nitrogens with zero attached hydrogens (tertiary/aromatic N) is 2. The number of hydrogen-bond acceptors (Lipinski definition) is 3. The van der Waals surface area contributed by atoms with Gasteiger partial charge in [-0.1, -0.05) is 42.8 Å². The molecular weight excluding hydrogens is 396 g/mol. The molecule has 1 amide bonds. The Hall–Kier alpha value is -2.05. The molecule has 1 aliphatic heterocycles. The van der Waals surface area contributed by atoms with Crippen LogP contribution in [-0.2, 0) is 14.8 Å². The summed E-state index contributed by atoms with van der Waals surface area (Å²) in [7, 11) is -3.91. The maximum absolute atomic E-state index is 13.4. The van der Waals surface area contributed by atoms with Crippen molar-refractivity contribution in [1.29, 1.82) is 0 Å². The second-order valence-corrected chi connectivity index (χ2v) is 9.57. The number of carbonyl (C=O) groups is 1. The van der Waals surface area contributed by atoms with Crippen molar-refractivity contribution in [2.45, 2.75) is 31.6 Å². The van der Waals surface area contributed by atoms with E-state index in [0.29, 0.717) is 35.3 Å². The molecule has 0 aliphatic carbocycles. The van der Waals surface area contributed by atoms with Gasteiger partial charge in [-0.25, -0.2) is 8.42 Å². The number of carbonyl (C=O) groups excluding carboxylic acids is 1. The van der Waals surface area contributed by atoms with Crippen molar-refractivity contribution in [2.24, 2.45) is 5.92 Å². The van der Waals surface area contributed by atoms with Gasteiger partial charge < -0.3 is 4.90 Å². The Balaban J connectivity index is 2.00. The smallest absolute Gasteiger partial charge is 0.264 e. The van der Waals surface area contributed by atoms with E-state index in [1.165, 1.54) is 16.4 Å². The molecule has 1 heterocycles. The van der Waals surface area contributed by atoms with E-state index in [2.05, 4.69) is 6.92 Å². The highest BCUT2D eigenvalue weighted by Crippen LogP contribution is 2.31. The fourth-order valence-electron chi connectivity index (χ4n) is 3.52. The van der Waals surface area contributed by atoms with E-state index in [-0.39, 0.29) is 17.3 Å². The van der Waals surface area contributed by atoms with E-state index in [0.717, 1.165) is 12.8 Å². The average Bonchev–Trinajstić information content (AvgIpc) is 2.69. The molecule has 2 aromatic rings. The van der Waals surface area contributed by atoms with Gasteiger partial charge in [-0.05, 0) is 55.5 Å². The van der Waals surface area contributed by atoms with Crippen molar-refractivity contribution in [3.05, 3.63) is 59.1 Å². The molecule has 5 nitrogen and oxygen atoms in total. The number of rotatable bonds is 5. The van der Waals surface area contributed by atoms with Crippen LogP contribution in [0, 0.1) is 12.8 Å². The van der Waals surface area contributed by atoms with E-state index in [1.807, 2.05) is 0 Å². The molecule has 1 unspecified atom stereocenters. The predicted octanol–water partition coefficient (Wildman–Crippen LogP) is 4.10. The van der Waals surface area contributed by atoms with Crippen molar-refractivity contribution in [3.63, 3.8) is 0 Å². The first-order chi connectivity index (χ1) is 13.3. The first-order valence-corrected chi connectivity index (χ1v) is 11.2. The lowest BCUT2D eigenvalue weighted by Crippen LogP contribution is -2.46. The van der Waals surface area contributed by atoms with Gasteiger partial charge in [0.15, 0.2) is 0 Å². The molecule has 2 aromatic carbocycles. The highest BCUT2D eigenvalue weighted by atomic mass is 35.5. The van der Waals surface area contributed by atoms with E-state index >= 15 is 0 Å². The summed E-state index contributed by atoms with van der Waals surface area (Å²) in [5.41, 5.74) is 1.05. The topological polar surface area (TPSA) is 57.7 Å². The van der Waals surface area contributed by atoms with E-state index in [4.69, 9.17) is 11.6 Å². The molecule has 1 atom stereocenters. The van der Waals surface area contributed by atoms with Crippen molar-refractivity contribution < 1.29 is 13.2 Å². The van der Waals surface area contributed by atoms with E-state index < -0.39 is 10.0 Å². The van der Waals surface area contributed by atoms with Crippen LogP contribution in [0.2, 0.25) is 5.02 Å². The second kappa shape index (κ2) is 8.53. The molecule has 0 spiro atoms. The van der Waals surface area contributed by atoms with Crippen molar-refractivity contribution in [3.8, 4) is 0 Å². The summed E-state index contributed by atoms with van der Waals surface area (Å²) in [6, 6.07) is 13.3. The van der Waals surface area contributed by atoms with Gasteiger partial charge in [0.1, 0.15) is 6.54 Å². The third-order valence-electron chi connectivity index (χ3n) is 5.13. The Morgan fingerprint density at radius 1 is 1.18 bits per heavy atom. The molecule has 28 heavy (non-hydrogen) atoms. The number of likely N-dealkylation sites (tertiary alicyclic amines) is 1. The Labute approximate surface area is 172 Å². The number of amides is 1. The minimum Gasteiger partial charge on any atom is -0.341 e. The highest BCUT2D eigenvalue weighted by Gasteiger charge is 2.31. The van der Waals surface area contributed by atoms with Crippen LogP contribution in [0.1, 0.15) is 25.3 Å². The van der Waals surface area contributed by atoms with Crippen LogP contribution in [0.5, 0.6) is 0 Å². The Morgan fingerprint density at radius 2 is 1.89 bits per heavy atom. The Kier molecular flexibility index (Phi) is 6.30. The molecule has 0 radical (unpaired) electrons. The molecule has 1 saturated heterocycles. The summed E-state index contributed by atoms with van der Waals surface area (Å²) in [6.07, 6.45) is 2.03. The van der Waals surface area contributed by atoms with Crippen molar-refractivity contribution >= 4 is 33.2 Å². The number of sulfonamides is 1. The SMILES string of the molecule is Cc1c(Cl)cccc1N(CC(=O)N1CCCC(C)C1)S(=O)(=O)c1ccccc1. The largest absolute Gasteiger partial charge is 0.341 e. The maximum atomic E-state index is 13.4. The molecule has 150 valence electrons. The molecule has 7 heteroatoms. The monoisotopic (exact) mass is 420 g/mol. The van der Waals surface area contributed by atoms with Gasteiger partial charge >= 0.3 is 0 Å². The lowest BCUT2D eigenvalue weighted by atomic mass is 10.0. The zero-order valence-electron chi connectivity index (χ0n) is 16.1. The first-order valence-electron chi connectivity index (χ1n) is 9.41. The van der Waals surface area contributed by atoms with Gasteiger partial charge in [-0.2, -0.15) is 0 Å².